The molecule has 0 spiro atoms. The van der Waals surface area contributed by atoms with Crippen LogP contribution in [0.5, 0.6) is 11.5 Å². The van der Waals surface area contributed by atoms with Gasteiger partial charge in [-0.2, -0.15) is 0 Å². The fourth-order valence-corrected chi connectivity index (χ4v) is 5.09. The maximum absolute atomic E-state index is 13.7. The highest BCUT2D eigenvalue weighted by Gasteiger charge is 2.44. The fraction of sp³-hybridized carbons (Fsp3) is 0.276. The molecule has 1 aliphatic heterocycles. The Kier molecular flexibility index (Phi) is 8.54. The standard InChI is InChI=1S/C29H30ClN3O4S/c1-18-7-5-8-21(15-18)33-28(35)24(17-27(34)31-23-10-6-9-22(30)19(23)2)32(29(33)38)14-13-20-11-12-25(36-3)26(16-20)37-4/h5-12,15-16,24H,13-14,17H2,1-4H3,(H,31,34)/t24-/m0/s1. The number of hydrogen-bond acceptors (Lipinski definition) is 5. The molecule has 0 aromatic heterocycles. The number of amides is 2. The molecular formula is C29H30ClN3O4S. The minimum atomic E-state index is -0.748. The maximum Gasteiger partial charge on any atom is 0.256 e. The number of anilines is 2. The molecule has 0 saturated carbocycles. The first-order valence-corrected chi connectivity index (χ1v) is 13.0. The molecule has 198 valence electrons. The zero-order valence-electron chi connectivity index (χ0n) is 21.8. The summed E-state index contributed by atoms with van der Waals surface area (Å²) in [6.07, 6.45) is 0.528. The fourth-order valence-electron chi connectivity index (χ4n) is 4.50. The zero-order valence-corrected chi connectivity index (χ0v) is 23.4. The highest BCUT2D eigenvalue weighted by Crippen LogP contribution is 2.31. The molecule has 7 nitrogen and oxygen atoms in total. The number of carbonyl (C=O) groups excluding carboxylic acids is 2. The summed E-state index contributed by atoms with van der Waals surface area (Å²) in [6.45, 7) is 4.24. The van der Waals surface area contributed by atoms with E-state index in [1.54, 1.807) is 32.4 Å². The van der Waals surface area contributed by atoms with Crippen LogP contribution >= 0.6 is 23.8 Å². The van der Waals surface area contributed by atoms with Crippen molar-refractivity contribution in [1.29, 1.82) is 0 Å². The van der Waals surface area contributed by atoms with Gasteiger partial charge in [-0.1, -0.05) is 35.9 Å². The highest BCUT2D eigenvalue weighted by molar-refractivity contribution is 7.80. The Labute approximate surface area is 233 Å². The summed E-state index contributed by atoms with van der Waals surface area (Å²) in [5, 5.41) is 3.84. The Morgan fingerprint density at radius 2 is 1.76 bits per heavy atom. The van der Waals surface area contributed by atoms with E-state index in [0.717, 1.165) is 16.7 Å². The molecule has 2 amide bonds. The van der Waals surface area contributed by atoms with Crippen LogP contribution in [-0.2, 0) is 16.0 Å². The highest BCUT2D eigenvalue weighted by atomic mass is 35.5. The van der Waals surface area contributed by atoms with E-state index in [9.17, 15) is 9.59 Å². The average Bonchev–Trinajstić information content (AvgIpc) is 3.13. The number of benzene rings is 3. The first-order chi connectivity index (χ1) is 18.2. The Balaban J connectivity index is 1.59. The minimum Gasteiger partial charge on any atom is -0.493 e. The van der Waals surface area contributed by atoms with Crippen LogP contribution in [0.25, 0.3) is 0 Å². The monoisotopic (exact) mass is 551 g/mol. The predicted molar refractivity (Wildman–Crippen MR) is 154 cm³/mol. The molecule has 38 heavy (non-hydrogen) atoms. The molecule has 1 fully saturated rings. The van der Waals surface area contributed by atoms with Crippen molar-refractivity contribution in [2.75, 3.05) is 31.0 Å². The number of ether oxygens (including phenoxy) is 2. The summed E-state index contributed by atoms with van der Waals surface area (Å²) in [6, 6.07) is 17.9. The van der Waals surface area contributed by atoms with Crippen LogP contribution < -0.4 is 19.7 Å². The minimum absolute atomic E-state index is 0.0564. The van der Waals surface area contributed by atoms with Gasteiger partial charge in [-0.3, -0.25) is 14.5 Å². The predicted octanol–water partition coefficient (Wildman–Crippen LogP) is 5.55. The number of halogens is 1. The quantitative estimate of drug-likeness (QED) is 0.352. The van der Waals surface area contributed by atoms with Gasteiger partial charge in [0.05, 0.1) is 26.3 Å². The lowest BCUT2D eigenvalue weighted by Gasteiger charge is -2.24. The Morgan fingerprint density at radius 3 is 2.47 bits per heavy atom. The first kappa shape index (κ1) is 27.4. The Bertz CT molecular complexity index is 1380. The molecular weight excluding hydrogens is 522 g/mol. The maximum atomic E-state index is 13.7. The molecule has 1 atom stereocenters. The van der Waals surface area contributed by atoms with Crippen molar-refractivity contribution in [3.05, 3.63) is 82.4 Å². The van der Waals surface area contributed by atoms with Gasteiger partial charge in [0.2, 0.25) is 5.91 Å². The average molecular weight is 552 g/mol. The van der Waals surface area contributed by atoms with E-state index in [2.05, 4.69) is 5.32 Å². The summed E-state index contributed by atoms with van der Waals surface area (Å²) in [5.74, 6) is 0.739. The third kappa shape index (κ3) is 5.76. The number of carbonyl (C=O) groups is 2. The van der Waals surface area contributed by atoms with E-state index in [0.29, 0.717) is 46.0 Å². The summed E-state index contributed by atoms with van der Waals surface area (Å²) in [7, 11) is 3.18. The molecule has 1 saturated heterocycles. The van der Waals surface area contributed by atoms with Gasteiger partial charge < -0.3 is 19.7 Å². The summed E-state index contributed by atoms with van der Waals surface area (Å²) >= 11 is 12.0. The number of hydrogen-bond donors (Lipinski definition) is 1. The van der Waals surface area contributed by atoms with Crippen molar-refractivity contribution in [3.63, 3.8) is 0 Å². The van der Waals surface area contributed by atoms with E-state index in [1.165, 1.54) is 4.90 Å². The van der Waals surface area contributed by atoms with Crippen molar-refractivity contribution in [3.8, 4) is 11.5 Å². The van der Waals surface area contributed by atoms with Crippen molar-refractivity contribution in [2.24, 2.45) is 0 Å². The lowest BCUT2D eigenvalue weighted by molar-refractivity contribution is -0.124. The second kappa shape index (κ2) is 11.8. The Morgan fingerprint density at radius 1 is 1.03 bits per heavy atom. The number of nitrogens with zero attached hydrogens (tertiary/aromatic N) is 2. The van der Waals surface area contributed by atoms with E-state index < -0.39 is 6.04 Å². The molecule has 0 unspecified atom stereocenters. The molecule has 0 bridgehead atoms. The van der Waals surface area contributed by atoms with Crippen molar-refractivity contribution >= 4 is 52.1 Å². The smallest absolute Gasteiger partial charge is 0.256 e. The molecule has 9 heteroatoms. The van der Waals surface area contributed by atoms with Gasteiger partial charge in [-0.15, -0.1) is 0 Å². The second-order valence-corrected chi connectivity index (χ2v) is 9.88. The molecule has 1 N–H and O–H groups in total. The lowest BCUT2D eigenvalue weighted by atomic mass is 10.1. The van der Waals surface area contributed by atoms with E-state index in [1.807, 2.05) is 61.2 Å². The van der Waals surface area contributed by atoms with Crippen LogP contribution in [0.3, 0.4) is 0 Å². The van der Waals surface area contributed by atoms with Gasteiger partial charge in [0, 0.05) is 17.3 Å². The molecule has 3 aromatic carbocycles. The summed E-state index contributed by atoms with van der Waals surface area (Å²) in [5.41, 5.74) is 4.06. The molecule has 0 aliphatic carbocycles. The number of nitrogens with one attached hydrogen (secondary N) is 1. The molecule has 1 heterocycles. The van der Waals surface area contributed by atoms with Gasteiger partial charge in [-0.05, 0) is 85.6 Å². The number of thiocarbonyl (C=S) groups is 1. The van der Waals surface area contributed by atoms with Gasteiger partial charge in [-0.25, -0.2) is 0 Å². The van der Waals surface area contributed by atoms with Gasteiger partial charge >= 0.3 is 0 Å². The zero-order chi connectivity index (χ0) is 27.4. The normalized spacial score (nSPS) is 15.1. The van der Waals surface area contributed by atoms with E-state index >= 15 is 0 Å². The third-order valence-electron chi connectivity index (χ3n) is 6.59. The van der Waals surface area contributed by atoms with Crippen LogP contribution in [-0.4, -0.2) is 48.6 Å². The Hall–Kier alpha value is -3.62. The van der Waals surface area contributed by atoms with Gasteiger partial charge in [0.15, 0.2) is 16.6 Å². The summed E-state index contributed by atoms with van der Waals surface area (Å²) < 4.78 is 10.8. The number of methoxy groups -OCH3 is 2. The first-order valence-electron chi connectivity index (χ1n) is 12.2. The number of rotatable bonds is 9. The third-order valence-corrected chi connectivity index (χ3v) is 7.41. The van der Waals surface area contributed by atoms with Crippen LogP contribution in [0.15, 0.2) is 60.7 Å². The van der Waals surface area contributed by atoms with Crippen LogP contribution in [0.2, 0.25) is 5.02 Å². The molecule has 4 rings (SSSR count). The van der Waals surface area contributed by atoms with Crippen LogP contribution in [0.1, 0.15) is 23.1 Å². The molecule has 1 aliphatic rings. The topological polar surface area (TPSA) is 71.1 Å². The summed E-state index contributed by atoms with van der Waals surface area (Å²) in [4.78, 5) is 30.2. The van der Waals surface area contributed by atoms with Gasteiger partial charge in [0.1, 0.15) is 6.04 Å². The molecule has 3 aromatic rings. The van der Waals surface area contributed by atoms with Gasteiger partial charge in [0.25, 0.3) is 5.91 Å². The van der Waals surface area contributed by atoms with Crippen molar-refractivity contribution < 1.29 is 19.1 Å². The van der Waals surface area contributed by atoms with E-state index in [4.69, 9.17) is 33.3 Å². The van der Waals surface area contributed by atoms with Crippen molar-refractivity contribution in [1.82, 2.24) is 4.90 Å². The van der Waals surface area contributed by atoms with Crippen LogP contribution in [0, 0.1) is 13.8 Å². The second-order valence-electron chi connectivity index (χ2n) is 9.11. The SMILES string of the molecule is COc1ccc(CCN2C(=S)N(c3cccc(C)c3)C(=O)[C@@H]2CC(=O)Nc2cccc(Cl)c2C)cc1OC. The number of aryl methyl sites for hydroxylation is 1. The lowest BCUT2D eigenvalue weighted by Crippen LogP contribution is -2.39. The van der Waals surface area contributed by atoms with Crippen LogP contribution in [0.4, 0.5) is 11.4 Å². The van der Waals surface area contributed by atoms with Crippen molar-refractivity contribution in [2.45, 2.75) is 32.7 Å². The molecule has 0 radical (unpaired) electrons. The largest absolute Gasteiger partial charge is 0.493 e. The van der Waals surface area contributed by atoms with E-state index in [-0.39, 0.29) is 18.2 Å².